The van der Waals surface area contributed by atoms with Crippen LogP contribution < -0.4 is 0 Å². The lowest BCUT2D eigenvalue weighted by atomic mass is 9.83. The van der Waals surface area contributed by atoms with E-state index in [4.69, 9.17) is 9.47 Å². The van der Waals surface area contributed by atoms with Crippen molar-refractivity contribution in [3.63, 3.8) is 0 Å². The van der Waals surface area contributed by atoms with Gasteiger partial charge in [0.25, 0.3) is 0 Å². The molecular weight excluding hydrogens is 296 g/mol. The second kappa shape index (κ2) is 5.90. The molecule has 24 heavy (non-hydrogen) atoms. The number of hydrogen-bond acceptors (Lipinski definition) is 2. The molecule has 4 rings (SSSR count). The number of epoxide rings is 1. The highest BCUT2D eigenvalue weighted by atomic mass is 16.8. The zero-order valence-corrected chi connectivity index (χ0v) is 13.7. The molecular formula is C22H20O2. The summed E-state index contributed by atoms with van der Waals surface area (Å²) in [5, 5.41) is 0. The highest BCUT2D eigenvalue weighted by Gasteiger charge is 2.72. The number of methoxy groups -OCH3 is 1. The number of hydrogen-bond donors (Lipinski definition) is 0. The molecule has 3 aromatic carbocycles. The average molecular weight is 316 g/mol. The maximum Gasteiger partial charge on any atom is 0.211 e. The SMILES string of the molecule is COC1(Cc2ccccc2)OC1(c1ccccc1)c1ccccc1. The van der Waals surface area contributed by atoms with Gasteiger partial charge in [0.1, 0.15) is 0 Å². The fraction of sp³-hybridized carbons (Fsp3) is 0.182. The van der Waals surface area contributed by atoms with Crippen molar-refractivity contribution in [1.82, 2.24) is 0 Å². The summed E-state index contributed by atoms with van der Waals surface area (Å²) in [5.74, 6) is -0.683. The Kier molecular flexibility index (Phi) is 3.72. The van der Waals surface area contributed by atoms with E-state index in [1.165, 1.54) is 5.56 Å². The minimum Gasteiger partial charge on any atom is -0.350 e. The zero-order chi connectivity index (χ0) is 16.5. The lowest BCUT2D eigenvalue weighted by Crippen LogP contribution is -2.29. The van der Waals surface area contributed by atoms with Gasteiger partial charge < -0.3 is 9.47 Å². The van der Waals surface area contributed by atoms with Crippen LogP contribution in [0.25, 0.3) is 0 Å². The second-order valence-corrected chi connectivity index (χ2v) is 6.13. The molecule has 1 heterocycles. The largest absolute Gasteiger partial charge is 0.350 e. The normalized spacial score (nSPS) is 21.4. The Labute approximate surface area is 142 Å². The Bertz CT molecular complexity index is 760. The molecule has 1 unspecified atom stereocenters. The van der Waals surface area contributed by atoms with Gasteiger partial charge in [0.15, 0.2) is 5.60 Å². The average Bonchev–Trinajstić information content (AvgIpc) is 3.34. The molecule has 120 valence electrons. The first kappa shape index (κ1) is 15.1. The standard InChI is InChI=1S/C22H20O2/c1-23-21(17-18-11-5-2-6-12-18)22(24-21,19-13-7-3-8-14-19)20-15-9-4-10-16-20/h2-16H,17H2,1H3. The molecule has 0 aliphatic carbocycles. The van der Waals surface area contributed by atoms with Crippen LogP contribution >= 0.6 is 0 Å². The van der Waals surface area contributed by atoms with E-state index in [0.29, 0.717) is 6.42 Å². The Hall–Kier alpha value is -2.42. The van der Waals surface area contributed by atoms with Crippen molar-refractivity contribution >= 4 is 0 Å². The molecule has 0 radical (unpaired) electrons. The van der Waals surface area contributed by atoms with Crippen molar-refractivity contribution in [2.75, 3.05) is 7.11 Å². The van der Waals surface area contributed by atoms with Crippen molar-refractivity contribution in [3.8, 4) is 0 Å². The molecule has 0 spiro atoms. The summed E-state index contributed by atoms with van der Waals surface area (Å²) < 4.78 is 12.4. The summed E-state index contributed by atoms with van der Waals surface area (Å²) in [5.41, 5.74) is 2.87. The quantitative estimate of drug-likeness (QED) is 0.644. The van der Waals surface area contributed by atoms with Crippen LogP contribution in [0.4, 0.5) is 0 Å². The summed E-state index contributed by atoms with van der Waals surface area (Å²) in [6, 6.07) is 31.0. The Balaban J connectivity index is 1.81. The van der Waals surface area contributed by atoms with Gasteiger partial charge in [0.05, 0.1) is 0 Å². The first-order chi connectivity index (χ1) is 11.8. The van der Waals surface area contributed by atoms with Crippen molar-refractivity contribution < 1.29 is 9.47 Å². The van der Waals surface area contributed by atoms with Gasteiger partial charge in [-0.3, -0.25) is 0 Å². The van der Waals surface area contributed by atoms with Crippen molar-refractivity contribution in [2.45, 2.75) is 17.8 Å². The third-order valence-corrected chi connectivity index (χ3v) is 4.78. The smallest absolute Gasteiger partial charge is 0.211 e. The maximum absolute atomic E-state index is 6.40. The third kappa shape index (κ3) is 2.27. The summed E-state index contributed by atoms with van der Waals surface area (Å²) >= 11 is 0. The van der Waals surface area contributed by atoms with Gasteiger partial charge in [-0.1, -0.05) is 91.0 Å². The molecule has 2 heteroatoms. The highest BCUT2D eigenvalue weighted by Crippen LogP contribution is 2.61. The summed E-state index contributed by atoms with van der Waals surface area (Å²) in [4.78, 5) is 0. The first-order valence-electron chi connectivity index (χ1n) is 8.21. The van der Waals surface area contributed by atoms with Gasteiger partial charge in [0, 0.05) is 13.5 Å². The molecule has 0 amide bonds. The monoisotopic (exact) mass is 316 g/mol. The van der Waals surface area contributed by atoms with Gasteiger partial charge in [-0.05, 0) is 16.7 Å². The molecule has 0 N–H and O–H groups in total. The van der Waals surface area contributed by atoms with Crippen LogP contribution in [0.15, 0.2) is 91.0 Å². The topological polar surface area (TPSA) is 21.8 Å². The van der Waals surface area contributed by atoms with E-state index in [0.717, 1.165) is 11.1 Å². The van der Waals surface area contributed by atoms with E-state index < -0.39 is 11.4 Å². The molecule has 3 aromatic rings. The predicted octanol–water partition coefficient (Wildman–Crippen LogP) is 4.55. The number of rotatable bonds is 5. The van der Waals surface area contributed by atoms with Crippen LogP contribution in [0, 0.1) is 0 Å². The molecule has 0 saturated carbocycles. The van der Waals surface area contributed by atoms with Gasteiger partial charge in [-0.2, -0.15) is 0 Å². The van der Waals surface area contributed by atoms with Gasteiger partial charge in [0.2, 0.25) is 5.79 Å². The lowest BCUT2D eigenvalue weighted by Gasteiger charge is -2.20. The van der Waals surface area contributed by atoms with Crippen LogP contribution in [0.2, 0.25) is 0 Å². The van der Waals surface area contributed by atoms with Gasteiger partial charge in [-0.15, -0.1) is 0 Å². The van der Waals surface area contributed by atoms with Crippen LogP contribution in [0.3, 0.4) is 0 Å². The van der Waals surface area contributed by atoms with Crippen molar-refractivity contribution in [2.24, 2.45) is 0 Å². The van der Waals surface area contributed by atoms with E-state index in [2.05, 4.69) is 36.4 Å². The van der Waals surface area contributed by atoms with E-state index in [9.17, 15) is 0 Å². The molecule has 1 saturated heterocycles. The van der Waals surface area contributed by atoms with Crippen LogP contribution in [-0.4, -0.2) is 12.9 Å². The number of ether oxygens (including phenoxy) is 2. The van der Waals surface area contributed by atoms with E-state index in [-0.39, 0.29) is 0 Å². The molecule has 0 bridgehead atoms. The summed E-state index contributed by atoms with van der Waals surface area (Å²) in [7, 11) is 1.73. The maximum atomic E-state index is 6.40. The van der Waals surface area contributed by atoms with Gasteiger partial charge in [-0.25, -0.2) is 0 Å². The molecule has 1 atom stereocenters. The molecule has 2 nitrogen and oxygen atoms in total. The molecule has 1 fully saturated rings. The second-order valence-electron chi connectivity index (χ2n) is 6.13. The third-order valence-electron chi connectivity index (χ3n) is 4.78. The Morgan fingerprint density at radius 3 is 1.62 bits per heavy atom. The van der Waals surface area contributed by atoms with Crippen LogP contribution in [-0.2, 0) is 21.5 Å². The lowest BCUT2D eigenvalue weighted by molar-refractivity contribution is -0.00986. The van der Waals surface area contributed by atoms with E-state index >= 15 is 0 Å². The van der Waals surface area contributed by atoms with Crippen molar-refractivity contribution in [1.29, 1.82) is 0 Å². The summed E-state index contributed by atoms with van der Waals surface area (Å²) in [6.45, 7) is 0. The fourth-order valence-electron chi connectivity index (χ4n) is 3.57. The van der Waals surface area contributed by atoms with Crippen LogP contribution in [0.5, 0.6) is 0 Å². The van der Waals surface area contributed by atoms with E-state index in [1.807, 2.05) is 54.6 Å². The van der Waals surface area contributed by atoms with Gasteiger partial charge >= 0.3 is 0 Å². The summed E-state index contributed by atoms with van der Waals surface area (Å²) in [6.07, 6.45) is 0.703. The fourth-order valence-corrected chi connectivity index (χ4v) is 3.57. The zero-order valence-electron chi connectivity index (χ0n) is 13.7. The highest BCUT2D eigenvalue weighted by molar-refractivity contribution is 5.46. The van der Waals surface area contributed by atoms with E-state index in [1.54, 1.807) is 7.11 Å². The number of benzene rings is 3. The predicted molar refractivity (Wildman–Crippen MR) is 94.6 cm³/mol. The minimum absolute atomic E-state index is 0.569. The molecule has 1 aliphatic rings. The minimum atomic E-state index is -0.683. The Morgan fingerprint density at radius 2 is 1.17 bits per heavy atom. The molecule has 1 aliphatic heterocycles. The van der Waals surface area contributed by atoms with Crippen LogP contribution in [0.1, 0.15) is 16.7 Å². The first-order valence-corrected chi connectivity index (χ1v) is 8.21. The Morgan fingerprint density at radius 1 is 0.708 bits per heavy atom. The van der Waals surface area contributed by atoms with Crippen molar-refractivity contribution in [3.05, 3.63) is 108 Å². The molecule has 0 aromatic heterocycles.